The molecule has 1 unspecified atom stereocenters. The minimum atomic E-state index is -2.73. The molecule has 2 aromatic rings. The fraction of sp³-hybridized carbons (Fsp3) is 0.474. The molecule has 0 bridgehead atoms. The summed E-state index contributed by atoms with van der Waals surface area (Å²) in [7, 11) is 0. The van der Waals surface area contributed by atoms with Gasteiger partial charge in [0.05, 0.1) is 29.8 Å². The van der Waals surface area contributed by atoms with Crippen LogP contribution in [0.15, 0.2) is 24.5 Å². The summed E-state index contributed by atoms with van der Waals surface area (Å²) in [6, 6.07) is 2.61. The van der Waals surface area contributed by atoms with Crippen LogP contribution in [0.4, 0.5) is 13.2 Å². The maximum atomic E-state index is 14.2. The van der Waals surface area contributed by atoms with Crippen molar-refractivity contribution < 1.29 is 17.9 Å². The summed E-state index contributed by atoms with van der Waals surface area (Å²) in [5.74, 6) is 0.229. The molecule has 0 aliphatic rings. The molecule has 0 saturated heterocycles. The van der Waals surface area contributed by atoms with Crippen LogP contribution in [-0.4, -0.2) is 16.6 Å². The zero-order chi connectivity index (χ0) is 18.6. The summed E-state index contributed by atoms with van der Waals surface area (Å²) < 4.78 is 46.6. The first-order chi connectivity index (χ1) is 11.8. The number of pyridine rings is 2. The quantitative estimate of drug-likeness (QED) is 0.651. The smallest absolute Gasteiger partial charge is 0.267 e. The third-order valence-corrected chi connectivity index (χ3v) is 3.87. The summed E-state index contributed by atoms with van der Waals surface area (Å²) in [5, 5.41) is 0. The first-order valence-corrected chi connectivity index (χ1v) is 8.32. The van der Waals surface area contributed by atoms with Crippen molar-refractivity contribution in [3.63, 3.8) is 0 Å². The van der Waals surface area contributed by atoms with Gasteiger partial charge in [-0.25, -0.2) is 13.2 Å². The van der Waals surface area contributed by atoms with Gasteiger partial charge in [0.15, 0.2) is 5.82 Å². The van der Waals surface area contributed by atoms with Crippen molar-refractivity contribution in [2.24, 2.45) is 11.8 Å². The molecule has 2 aromatic heterocycles. The molecule has 0 amide bonds. The summed E-state index contributed by atoms with van der Waals surface area (Å²) in [4.78, 5) is 7.94. The fourth-order valence-electron chi connectivity index (χ4n) is 2.75. The van der Waals surface area contributed by atoms with E-state index >= 15 is 0 Å². The van der Waals surface area contributed by atoms with Crippen molar-refractivity contribution in [2.75, 3.05) is 6.61 Å². The normalized spacial score (nSPS) is 12.7. The lowest BCUT2D eigenvalue weighted by Crippen LogP contribution is -2.12. The number of aromatic nitrogens is 2. The molecule has 0 radical (unpaired) electrons. The third-order valence-electron chi connectivity index (χ3n) is 3.87. The molecule has 136 valence electrons. The molecule has 0 aromatic carbocycles. The average molecular weight is 352 g/mol. The molecule has 0 aliphatic heterocycles. The summed E-state index contributed by atoms with van der Waals surface area (Å²) >= 11 is 0. The van der Waals surface area contributed by atoms with Gasteiger partial charge >= 0.3 is 0 Å². The largest absolute Gasteiger partial charge is 0.491 e. The van der Waals surface area contributed by atoms with Crippen molar-refractivity contribution in [2.45, 2.75) is 40.5 Å². The zero-order valence-electron chi connectivity index (χ0n) is 14.9. The minimum Gasteiger partial charge on any atom is -0.491 e. The zero-order valence-corrected chi connectivity index (χ0v) is 14.9. The van der Waals surface area contributed by atoms with Crippen LogP contribution in [0.1, 0.15) is 44.9 Å². The Morgan fingerprint density at radius 1 is 1.16 bits per heavy atom. The molecule has 0 spiro atoms. The van der Waals surface area contributed by atoms with Crippen LogP contribution in [0.5, 0.6) is 5.75 Å². The molecule has 2 heterocycles. The Bertz CT molecular complexity index is 720. The van der Waals surface area contributed by atoms with Gasteiger partial charge in [-0.1, -0.05) is 20.8 Å². The number of hydrogen-bond donors (Lipinski definition) is 0. The van der Waals surface area contributed by atoms with Crippen molar-refractivity contribution >= 4 is 0 Å². The van der Waals surface area contributed by atoms with Crippen LogP contribution in [-0.2, 0) is 0 Å². The van der Waals surface area contributed by atoms with E-state index < -0.39 is 12.2 Å². The molecule has 0 fully saturated rings. The molecule has 3 nitrogen and oxygen atoms in total. The second-order valence-electron chi connectivity index (χ2n) is 6.71. The average Bonchev–Trinajstić information content (AvgIpc) is 2.54. The maximum Gasteiger partial charge on any atom is 0.267 e. The van der Waals surface area contributed by atoms with Gasteiger partial charge < -0.3 is 4.74 Å². The van der Waals surface area contributed by atoms with E-state index in [1.54, 1.807) is 0 Å². The van der Waals surface area contributed by atoms with Crippen LogP contribution in [0.25, 0.3) is 11.3 Å². The van der Waals surface area contributed by atoms with Crippen LogP contribution in [0.3, 0.4) is 0 Å². The van der Waals surface area contributed by atoms with Crippen LogP contribution >= 0.6 is 0 Å². The standard InChI is InChI=1S/C19H23F3N2O/c1-11(2)7-12(3)10-25-17-9-24-16(8-15(17)19(21)22)14-5-6-23-13(4)18(14)20/h5-6,8-9,11-12,19H,7,10H2,1-4H3. The highest BCUT2D eigenvalue weighted by molar-refractivity contribution is 5.62. The third kappa shape index (κ3) is 4.94. The molecular formula is C19H23F3N2O. The Morgan fingerprint density at radius 3 is 2.52 bits per heavy atom. The lowest BCUT2D eigenvalue weighted by atomic mass is 10.00. The molecule has 25 heavy (non-hydrogen) atoms. The van der Waals surface area contributed by atoms with Crippen molar-refractivity contribution in [3.05, 3.63) is 41.6 Å². The SMILES string of the molecule is Cc1nccc(-c2cc(C(F)F)c(OCC(C)CC(C)C)cn2)c1F. The number of ether oxygens (including phenoxy) is 1. The fourth-order valence-corrected chi connectivity index (χ4v) is 2.75. The second-order valence-corrected chi connectivity index (χ2v) is 6.71. The topological polar surface area (TPSA) is 35.0 Å². The Morgan fingerprint density at radius 2 is 1.88 bits per heavy atom. The first kappa shape index (κ1) is 19.2. The highest BCUT2D eigenvalue weighted by Crippen LogP contribution is 2.33. The van der Waals surface area contributed by atoms with Gasteiger partial charge in [0.1, 0.15) is 5.75 Å². The van der Waals surface area contributed by atoms with Crippen LogP contribution in [0, 0.1) is 24.6 Å². The van der Waals surface area contributed by atoms with E-state index in [9.17, 15) is 13.2 Å². The van der Waals surface area contributed by atoms with Crippen LogP contribution < -0.4 is 4.74 Å². The predicted molar refractivity (Wildman–Crippen MR) is 91.2 cm³/mol. The lowest BCUT2D eigenvalue weighted by Gasteiger charge is -2.17. The highest BCUT2D eigenvalue weighted by Gasteiger charge is 2.19. The molecule has 0 N–H and O–H groups in total. The van der Waals surface area contributed by atoms with E-state index in [4.69, 9.17) is 4.74 Å². The van der Waals surface area contributed by atoms with Gasteiger partial charge in [-0.05, 0) is 37.3 Å². The number of alkyl halides is 2. The molecule has 6 heteroatoms. The molecule has 0 saturated carbocycles. The Labute approximate surface area is 146 Å². The number of hydrogen-bond acceptors (Lipinski definition) is 3. The van der Waals surface area contributed by atoms with Crippen molar-refractivity contribution in [1.82, 2.24) is 9.97 Å². The Balaban J connectivity index is 2.27. The van der Waals surface area contributed by atoms with E-state index in [0.717, 1.165) is 6.42 Å². The van der Waals surface area contributed by atoms with Gasteiger partial charge in [-0.3, -0.25) is 9.97 Å². The molecule has 2 rings (SSSR count). The number of rotatable bonds is 7. The second kappa shape index (κ2) is 8.32. The highest BCUT2D eigenvalue weighted by atomic mass is 19.3. The van der Waals surface area contributed by atoms with E-state index in [1.165, 1.54) is 31.5 Å². The van der Waals surface area contributed by atoms with E-state index in [-0.39, 0.29) is 34.2 Å². The summed E-state index contributed by atoms with van der Waals surface area (Å²) in [6.45, 7) is 8.06. The van der Waals surface area contributed by atoms with Gasteiger partial charge in [0, 0.05) is 11.8 Å². The van der Waals surface area contributed by atoms with Gasteiger partial charge in [-0.15, -0.1) is 0 Å². The monoisotopic (exact) mass is 352 g/mol. The Hall–Kier alpha value is -2.11. The molecule has 0 aliphatic carbocycles. The number of aryl methyl sites for hydroxylation is 1. The first-order valence-electron chi connectivity index (χ1n) is 8.32. The molecular weight excluding hydrogens is 329 g/mol. The minimum absolute atomic E-state index is 0.0422. The maximum absolute atomic E-state index is 14.2. The summed E-state index contributed by atoms with van der Waals surface area (Å²) in [6.07, 6.45) is 0.879. The van der Waals surface area contributed by atoms with Crippen LogP contribution in [0.2, 0.25) is 0 Å². The van der Waals surface area contributed by atoms with Gasteiger partial charge in [0.2, 0.25) is 0 Å². The van der Waals surface area contributed by atoms with E-state index in [0.29, 0.717) is 12.5 Å². The van der Waals surface area contributed by atoms with Crippen molar-refractivity contribution in [3.8, 4) is 17.0 Å². The van der Waals surface area contributed by atoms with E-state index in [1.807, 2.05) is 6.92 Å². The van der Waals surface area contributed by atoms with Gasteiger partial charge in [0.25, 0.3) is 6.43 Å². The lowest BCUT2D eigenvalue weighted by molar-refractivity contribution is 0.142. The number of halogens is 3. The Kier molecular flexibility index (Phi) is 6.39. The number of nitrogens with zero attached hydrogens (tertiary/aromatic N) is 2. The van der Waals surface area contributed by atoms with Crippen molar-refractivity contribution in [1.29, 1.82) is 0 Å². The van der Waals surface area contributed by atoms with E-state index in [2.05, 4.69) is 23.8 Å². The van der Waals surface area contributed by atoms with Gasteiger partial charge in [-0.2, -0.15) is 0 Å². The summed E-state index contributed by atoms with van der Waals surface area (Å²) in [5.41, 5.74) is 0.200. The molecule has 1 atom stereocenters. The predicted octanol–water partition coefficient (Wildman–Crippen LogP) is 5.59.